The second kappa shape index (κ2) is 5.30. The smallest absolute Gasteiger partial charge is 0.0438 e. The van der Waals surface area contributed by atoms with Crippen LogP contribution in [0.3, 0.4) is 0 Å². The SMILES string of the molecule is Cc1ccsc1C(CCC(C)(C)N)N(C)C. The Morgan fingerprint density at radius 3 is 2.44 bits per heavy atom. The van der Waals surface area contributed by atoms with Crippen LogP contribution in [-0.4, -0.2) is 24.5 Å². The first-order valence-electron chi connectivity index (χ1n) is 5.80. The molecule has 3 heteroatoms. The zero-order chi connectivity index (χ0) is 12.3. The summed E-state index contributed by atoms with van der Waals surface area (Å²) in [6, 6.07) is 2.70. The summed E-state index contributed by atoms with van der Waals surface area (Å²) in [5, 5.41) is 2.18. The number of aryl methyl sites for hydroxylation is 1. The lowest BCUT2D eigenvalue weighted by Crippen LogP contribution is -2.33. The average molecular weight is 240 g/mol. The molecule has 1 heterocycles. The third-order valence-electron chi connectivity index (χ3n) is 2.89. The Hall–Kier alpha value is -0.380. The van der Waals surface area contributed by atoms with Crippen molar-refractivity contribution in [3.63, 3.8) is 0 Å². The van der Waals surface area contributed by atoms with Gasteiger partial charge in [0.15, 0.2) is 0 Å². The number of rotatable bonds is 5. The molecule has 0 aliphatic rings. The Bertz CT molecular complexity index is 323. The molecule has 0 saturated heterocycles. The monoisotopic (exact) mass is 240 g/mol. The van der Waals surface area contributed by atoms with Crippen LogP contribution in [0.25, 0.3) is 0 Å². The van der Waals surface area contributed by atoms with Crippen molar-refractivity contribution in [2.45, 2.75) is 45.2 Å². The molecular formula is C13H24N2S. The molecule has 0 amide bonds. The zero-order valence-corrected chi connectivity index (χ0v) is 11.9. The fraction of sp³-hybridized carbons (Fsp3) is 0.692. The molecule has 0 spiro atoms. The molecule has 0 radical (unpaired) electrons. The van der Waals surface area contributed by atoms with E-state index in [4.69, 9.17) is 5.73 Å². The maximum atomic E-state index is 6.06. The van der Waals surface area contributed by atoms with Crippen LogP contribution in [-0.2, 0) is 0 Å². The van der Waals surface area contributed by atoms with E-state index in [9.17, 15) is 0 Å². The second-order valence-electron chi connectivity index (χ2n) is 5.47. The van der Waals surface area contributed by atoms with Gasteiger partial charge in [-0.3, -0.25) is 0 Å². The number of thiophene rings is 1. The van der Waals surface area contributed by atoms with Crippen molar-refractivity contribution in [3.8, 4) is 0 Å². The highest BCUT2D eigenvalue weighted by Crippen LogP contribution is 2.31. The topological polar surface area (TPSA) is 29.3 Å². The van der Waals surface area contributed by atoms with E-state index in [-0.39, 0.29) is 5.54 Å². The molecule has 92 valence electrons. The first kappa shape index (κ1) is 13.7. The minimum atomic E-state index is -0.0700. The van der Waals surface area contributed by atoms with Crippen molar-refractivity contribution in [3.05, 3.63) is 21.9 Å². The fourth-order valence-corrected chi connectivity index (χ4v) is 3.02. The van der Waals surface area contributed by atoms with E-state index in [2.05, 4.69) is 51.2 Å². The van der Waals surface area contributed by atoms with Crippen molar-refractivity contribution in [2.24, 2.45) is 5.73 Å². The molecule has 0 aliphatic heterocycles. The van der Waals surface area contributed by atoms with Crippen LogP contribution in [0.5, 0.6) is 0 Å². The highest BCUT2D eigenvalue weighted by molar-refractivity contribution is 7.10. The van der Waals surface area contributed by atoms with Crippen molar-refractivity contribution in [1.82, 2.24) is 4.90 Å². The van der Waals surface area contributed by atoms with Gasteiger partial charge in [0.1, 0.15) is 0 Å². The lowest BCUT2D eigenvalue weighted by atomic mass is 9.95. The molecule has 0 aliphatic carbocycles. The highest BCUT2D eigenvalue weighted by atomic mass is 32.1. The Labute approximate surface area is 103 Å². The summed E-state index contributed by atoms with van der Waals surface area (Å²) in [5.41, 5.74) is 7.39. The minimum absolute atomic E-state index is 0.0700. The third kappa shape index (κ3) is 3.89. The first-order chi connectivity index (χ1) is 7.31. The molecule has 1 atom stereocenters. The van der Waals surface area contributed by atoms with Gasteiger partial charge in [-0.25, -0.2) is 0 Å². The van der Waals surface area contributed by atoms with Crippen molar-refractivity contribution in [2.75, 3.05) is 14.1 Å². The van der Waals surface area contributed by atoms with Gasteiger partial charge in [-0.2, -0.15) is 0 Å². The van der Waals surface area contributed by atoms with E-state index >= 15 is 0 Å². The number of nitrogens with two attached hydrogens (primary N) is 1. The predicted octanol–water partition coefficient (Wildman–Crippen LogP) is 3.18. The van der Waals surface area contributed by atoms with Gasteiger partial charge in [0, 0.05) is 16.5 Å². The summed E-state index contributed by atoms with van der Waals surface area (Å²) in [4.78, 5) is 3.78. The molecule has 0 fully saturated rings. The predicted molar refractivity (Wildman–Crippen MR) is 73.0 cm³/mol. The van der Waals surface area contributed by atoms with Gasteiger partial charge in [0.2, 0.25) is 0 Å². The molecule has 2 N–H and O–H groups in total. The van der Waals surface area contributed by atoms with Gasteiger partial charge in [0.05, 0.1) is 0 Å². The first-order valence-corrected chi connectivity index (χ1v) is 6.68. The zero-order valence-electron chi connectivity index (χ0n) is 11.1. The molecule has 1 aromatic rings. The Morgan fingerprint density at radius 1 is 1.44 bits per heavy atom. The van der Waals surface area contributed by atoms with Crippen LogP contribution in [0.4, 0.5) is 0 Å². The maximum Gasteiger partial charge on any atom is 0.0438 e. The third-order valence-corrected chi connectivity index (χ3v) is 4.01. The minimum Gasteiger partial charge on any atom is -0.326 e. The van der Waals surface area contributed by atoms with Crippen LogP contribution >= 0.6 is 11.3 Å². The summed E-state index contributed by atoms with van der Waals surface area (Å²) in [5.74, 6) is 0. The van der Waals surface area contributed by atoms with Gasteiger partial charge in [-0.05, 0) is 64.7 Å². The van der Waals surface area contributed by atoms with Gasteiger partial charge >= 0.3 is 0 Å². The van der Waals surface area contributed by atoms with E-state index in [0.29, 0.717) is 6.04 Å². The largest absolute Gasteiger partial charge is 0.326 e. The summed E-state index contributed by atoms with van der Waals surface area (Å²) in [6.07, 6.45) is 2.17. The lowest BCUT2D eigenvalue weighted by Gasteiger charge is -2.27. The summed E-state index contributed by atoms with van der Waals surface area (Å²) in [6.45, 7) is 6.39. The molecule has 0 aromatic carbocycles. The Kier molecular flexibility index (Phi) is 4.53. The molecule has 1 aromatic heterocycles. The molecule has 1 unspecified atom stereocenters. The van der Waals surface area contributed by atoms with Crippen LogP contribution in [0, 0.1) is 6.92 Å². The number of hydrogen-bond acceptors (Lipinski definition) is 3. The van der Waals surface area contributed by atoms with Gasteiger partial charge in [-0.15, -0.1) is 11.3 Å². The molecule has 2 nitrogen and oxygen atoms in total. The Morgan fingerprint density at radius 2 is 2.06 bits per heavy atom. The molecule has 1 rings (SSSR count). The van der Waals surface area contributed by atoms with E-state index < -0.39 is 0 Å². The van der Waals surface area contributed by atoms with Gasteiger partial charge in [0.25, 0.3) is 0 Å². The second-order valence-corrected chi connectivity index (χ2v) is 6.42. The van der Waals surface area contributed by atoms with Crippen LogP contribution in [0.2, 0.25) is 0 Å². The molecule has 0 saturated carbocycles. The fourth-order valence-electron chi connectivity index (χ4n) is 1.86. The van der Waals surface area contributed by atoms with Gasteiger partial charge in [-0.1, -0.05) is 0 Å². The van der Waals surface area contributed by atoms with Crippen molar-refractivity contribution < 1.29 is 0 Å². The van der Waals surface area contributed by atoms with Crippen molar-refractivity contribution in [1.29, 1.82) is 0 Å². The lowest BCUT2D eigenvalue weighted by molar-refractivity contribution is 0.264. The summed E-state index contributed by atoms with van der Waals surface area (Å²) < 4.78 is 0. The quantitative estimate of drug-likeness (QED) is 0.856. The van der Waals surface area contributed by atoms with E-state index in [0.717, 1.165) is 12.8 Å². The number of nitrogens with zero attached hydrogens (tertiary/aromatic N) is 1. The molecule has 16 heavy (non-hydrogen) atoms. The van der Waals surface area contributed by atoms with Crippen molar-refractivity contribution >= 4 is 11.3 Å². The normalized spacial score (nSPS) is 14.4. The molecule has 0 bridgehead atoms. The average Bonchev–Trinajstić information content (AvgIpc) is 2.50. The summed E-state index contributed by atoms with van der Waals surface area (Å²) in [7, 11) is 4.29. The number of hydrogen-bond donors (Lipinski definition) is 1. The van der Waals surface area contributed by atoms with Crippen LogP contribution in [0.15, 0.2) is 11.4 Å². The van der Waals surface area contributed by atoms with E-state index in [1.165, 1.54) is 10.4 Å². The maximum absolute atomic E-state index is 6.06. The van der Waals surface area contributed by atoms with E-state index in [1.807, 2.05) is 11.3 Å². The van der Waals surface area contributed by atoms with Crippen LogP contribution in [0.1, 0.15) is 43.2 Å². The molecular weight excluding hydrogens is 216 g/mol. The van der Waals surface area contributed by atoms with Gasteiger partial charge < -0.3 is 10.6 Å². The van der Waals surface area contributed by atoms with E-state index in [1.54, 1.807) is 0 Å². The summed E-state index contributed by atoms with van der Waals surface area (Å²) >= 11 is 1.85. The van der Waals surface area contributed by atoms with Crippen LogP contribution < -0.4 is 5.73 Å². The standard InChI is InChI=1S/C13H24N2S/c1-10-7-9-16-12(10)11(15(4)5)6-8-13(2,3)14/h7,9,11H,6,8,14H2,1-5H3. The Balaban J connectivity index is 2.74. The highest BCUT2D eigenvalue weighted by Gasteiger charge is 2.20.